The largest absolute Gasteiger partial charge is 0.497 e. The summed E-state index contributed by atoms with van der Waals surface area (Å²) in [5.41, 5.74) is 0.762. The van der Waals surface area contributed by atoms with Crippen LogP contribution in [0.1, 0.15) is 38.2 Å². The van der Waals surface area contributed by atoms with Crippen molar-refractivity contribution in [3.8, 4) is 11.5 Å². The topological polar surface area (TPSA) is 65.1 Å². The molecule has 1 aromatic carbocycles. The minimum atomic E-state index is -0.362. The highest BCUT2D eigenvalue weighted by molar-refractivity contribution is 5.92. The monoisotopic (exact) mass is 375 g/mol. The number of ether oxygens (including phenoxy) is 3. The summed E-state index contributed by atoms with van der Waals surface area (Å²) in [6, 6.07) is 5.60. The van der Waals surface area contributed by atoms with Gasteiger partial charge in [-0.25, -0.2) is 0 Å². The first-order chi connectivity index (χ1) is 13.0. The first-order valence-corrected chi connectivity index (χ1v) is 9.28. The molecule has 1 aliphatic rings. The molecular formula is C21H29NO5. The molecule has 1 fully saturated rings. The van der Waals surface area contributed by atoms with E-state index in [0.717, 1.165) is 31.2 Å². The van der Waals surface area contributed by atoms with Crippen LogP contribution in [0.2, 0.25) is 0 Å². The molecule has 27 heavy (non-hydrogen) atoms. The second kappa shape index (κ2) is 10.00. The van der Waals surface area contributed by atoms with Gasteiger partial charge in [0.1, 0.15) is 11.5 Å². The first kappa shape index (κ1) is 20.8. The van der Waals surface area contributed by atoms with Crippen molar-refractivity contribution in [1.82, 2.24) is 4.90 Å². The molecule has 1 aromatic rings. The zero-order valence-corrected chi connectivity index (χ0v) is 16.6. The van der Waals surface area contributed by atoms with E-state index in [1.165, 1.54) is 7.11 Å². The Hall–Kier alpha value is -2.50. The number of benzene rings is 1. The predicted octanol–water partition coefficient (Wildman–Crippen LogP) is 3.30. The van der Waals surface area contributed by atoms with Gasteiger partial charge in [-0.2, -0.15) is 0 Å². The Bertz CT molecular complexity index is 679. The number of hydrogen-bond donors (Lipinski definition) is 0. The van der Waals surface area contributed by atoms with Gasteiger partial charge >= 0.3 is 5.97 Å². The maximum atomic E-state index is 12.9. The summed E-state index contributed by atoms with van der Waals surface area (Å²) in [7, 11) is 4.55. The van der Waals surface area contributed by atoms with Crippen molar-refractivity contribution in [2.45, 2.75) is 38.6 Å². The number of carbonyl (C=O) groups is 2. The van der Waals surface area contributed by atoms with Gasteiger partial charge in [-0.1, -0.05) is 19.8 Å². The van der Waals surface area contributed by atoms with Gasteiger partial charge in [0.05, 0.1) is 27.2 Å². The van der Waals surface area contributed by atoms with E-state index in [1.807, 2.05) is 6.07 Å². The molecule has 6 nitrogen and oxygen atoms in total. The molecule has 2 rings (SSSR count). The molecule has 1 unspecified atom stereocenters. The summed E-state index contributed by atoms with van der Waals surface area (Å²) in [6.45, 7) is 2.14. The Morgan fingerprint density at radius 2 is 1.89 bits per heavy atom. The van der Waals surface area contributed by atoms with Crippen molar-refractivity contribution >= 4 is 18.0 Å². The molecule has 0 aromatic heterocycles. The van der Waals surface area contributed by atoms with E-state index in [-0.39, 0.29) is 23.8 Å². The molecule has 0 spiro atoms. The van der Waals surface area contributed by atoms with Gasteiger partial charge in [-0.15, -0.1) is 0 Å². The Labute approximate surface area is 161 Å². The van der Waals surface area contributed by atoms with Crippen LogP contribution in [-0.4, -0.2) is 50.7 Å². The molecule has 1 aliphatic carbocycles. The summed E-state index contributed by atoms with van der Waals surface area (Å²) < 4.78 is 15.4. The highest BCUT2D eigenvalue weighted by Crippen LogP contribution is 2.27. The fraction of sp³-hybridized carbons (Fsp3) is 0.524. The Balaban J connectivity index is 2.19. The average molecular weight is 375 g/mol. The minimum absolute atomic E-state index is 0.109. The molecule has 0 N–H and O–H groups in total. The number of nitrogens with zero attached hydrogens (tertiary/aromatic N) is 1. The predicted molar refractivity (Wildman–Crippen MR) is 104 cm³/mol. The van der Waals surface area contributed by atoms with E-state index >= 15 is 0 Å². The molecule has 148 valence electrons. The number of hydrogen-bond acceptors (Lipinski definition) is 5. The molecule has 1 atom stereocenters. The fourth-order valence-corrected chi connectivity index (χ4v) is 3.43. The zero-order valence-electron chi connectivity index (χ0n) is 16.6. The molecule has 1 amide bonds. The molecule has 0 saturated heterocycles. The lowest BCUT2D eigenvalue weighted by Crippen LogP contribution is -2.42. The molecule has 1 saturated carbocycles. The quantitative estimate of drug-likeness (QED) is 0.515. The lowest BCUT2D eigenvalue weighted by Gasteiger charge is -2.30. The van der Waals surface area contributed by atoms with Gasteiger partial charge < -0.3 is 19.1 Å². The smallest absolute Gasteiger partial charge is 0.310 e. The maximum absolute atomic E-state index is 12.9. The third-order valence-electron chi connectivity index (χ3n) is 4.96. The lowest BCUT2D eigenvalue weighted by atomic mass is 10.1. The van der Waals surface area contributed by atoms with Crippen molar-refractivity contribution in [3.63, 3.8) is 0 Å². The molecule has 0 bridgehead atoms. The molecule has 0 radical (unpaired) electrons. The summed E-state index contributed by atoms with van der Waals surface area (Å²) in [5, 5.41) is 0. The molecule has 6 heteroatoms. The van der Waals surface area contributed by atoms with E-state index in [2.05, 4.69) is 0 Å². The minimum Gasteiger partial charge on any atom is -0.497 e. The average Bonchev–Trinajstić information content (AvgIpc) is 3.23. The van der Waals surface area contributed by atoms with Gasteiger partial charge in [0.25, 0.3) is 0 Å². The number of methoxy groups -OCH3 is 3. The Kier molecular flexibility index (Phi) is 7.70. The van der Waals surface area contributed by atoms with Crippen LogP contribution in [0, 0.1) is 5.92 Å². The maximum Gasteiger partial charge on any atom is 0.310 e. The lowest BCUT2D eigenvalue weighted by molar-refractivity contribution is -0.146. The van der Waals surface area contributed by atoms with Crippen LogP contribution in [0.15, 0.2) is 24.3 Å². The van der Waals surface area contributed by atoms with Gasteiger partial charge in [-0.3, -0.25) is 9.59 Å². The number of esters is 1. The SMILES string of the molecule is COC(=O)C(C)CN(C(=O)/C=C/c1cc(OC)ccc1OC)C1CCCC1. The van der Waals surface area contributed by atoms with Crippen LogP contribution >= 0.6 is 0 Å². The van der Waals surface area contributed by atoms with Gasteiger partial charge in [-0.05, 0) is 37.1 Å². The molecular weight excluding hydrogens is 346 g/mol. The fourth-order valence-electron chi connectivity index (χ4n) is 3.43. The van der Waals surface area contributed by atoms with E-state index in [9.17, 15) is 9.59 Å². The number of amides is 1. The third-order valence-corrected chi connectivity index (χ3v) is 4.96. The van der Waals surface area contributed by atoms with Gasteiger partial charge in [0, 0.05) is 24.2 Å². The standard InChI is InChI=1S/C21H29NO5/c1-15(21(24)27-4)14-22(17-7-5-6-8-17)20(23)12-9-16-13-18(25-2)10-11-19(16)26-3/h9-13,15,17H,5-8,14H2,1-4H3/b12-9+. The van der Waals surface area contributed by atoms with Crippen molar-refractivity contribution in [1.29, 1.82) is 0 Å². The Morgan fingerprint density at radius 3 is 2.48 bits per heavy atom. The van der Waals surface area contributed by atoms with Crippen LogP contribution < -0.4 is 9.47 Å². The summed E-state index contributed by atoms with van der Waals surface area (Å²) in [5.74, 6) is 0.580. The van der Waals surface area contributed by atoms with E-state index in [4.69, 9.17) is 14.2 Å². The summed E-state index contributed by atoms with van der Waals surface area (Å²) in [4.78, 5) is 26.5. The second-order valence-corrected chi connectivity index (χ2v) is 6.79. The summed E-state index contributed by atoms with van der Waals surface area (Å²) >= 11 is 0. The zero-order chi connectivity index (χ0) is 19.8. The Morgan fingerprint density at radius 1 is 1.19 bits per heavy atom. The molecule has 0 heterocycles. The highest BCUT2D eigenvalue weighted by Gasteiger charge is 2.28. The van der Waals surface area contributed by atoms with Crippen molar-refractivity contribution in [3.05, 3.63) is 29.8 Å². The van der Waals surface area contributed by atoms with E-state index in [0.29, 0.717) is 18.0 Å². The summed E-state index contributed by atoms with van der Waals surface area (Å²) in [6.07, 6.45) is 7.42. The normalized spacial score (nSPS) is 15.6. The van der Waals surface area contributed by atoms with Crippen molar-refractivity contribution in [2.75, 3.05) is 27.9 Å². The second-order valence-electron chi connectivity index (χ2n) is 6.79. The van der Waals surface area contributed by atoms with E-state index in [1.54, 1.807) is 50.3 Å². The first-order valence-electron chi connectivity index (χ1n) is 9.28. The number of rotatable bonds is 8. The number of carbonyl (C=O) groups excluding carboxylic acids is 2. The van der Waals surface area contributed by atoms with Gasteiger partial charge in [0.2, 0.25) is 5.91 Å². The van der Waals surface area contributed by atoms with Crippen LogP contribution in [0.3, 0.4) is 0 Å². The van der Waals surface area contributed by atoms with Crippen LogP contribution in [0.5, 0.6) is 11.5 Å². The molecule has 0 aliphatic heterocycles. The van der Waals surface area contributed by atoms with Gasteiger partial charge in [0.15, 0.2) is 0 Å². The van der Waals surface area contributed by atoms with E-state index < -0.39 is 0 Å². The van der Waals surface area contributed by atoms with Crippen LogP contribution in [0.4, 0.5) is 0 Å². The van der Waals surface area contributed by atoms with Crippen LogP contribution in [-0.2, 0) is 14.3 Å². The third kappa shape index (κ3) is 5.49. The van der Waals surface area contributed by atoms with Crippen LogP contribution in [0.25, 0.3) is 6.08 Å². The highest BCUT2D eigenvalue weighted by atomic mass is 16.5. The van der Waals surface area contributed by atoms with Crippen molar-refractivity contribution in [2.24, 2.45) is 5.92 Å². The van der Waals surface area contributed by atoms with Crippen molar-refractivity contribution < 1.29 is 23.8 Å².